The summed E-state index contributed by atoms with van der Waals surface area (Å²) in [5.41, 5.74) is 1.63. The second kappa shape index (κ2) is 12.7. The van der Waals surface area contributed by atoms with E-state index in [1.165, 1.54) is 35.2 Å². The van der Waals surface area contributed by atoms with Crippen LogP contribution in [-0.2, 0) is 42.0 Å². The maximum absolute atomic E-state index is 14.5. The van der Waals surface area contributed by atoms with Crippen molar-refractivity contribution < 1.29 is 31.8 Å². The number of rotatable bonds is 10. The maximum atomic E-state index is 14.5. The first-order chi connectivity index (χ1) is 21.0. The number of nitrogens with zero attached hydrogens (tertiary/aromatic N) is 3. The number of sulfonamides is 1. The van der Waals surface area contributed by atoms with E-state index in [2.05, 4.69) is 0 Å². The molecule has 9 nitrogen and oxygen atoms in total. The summed E-state index contributed by atoms with van der Waals surface area (Å²) in [6, 6.07) is 8.91. The molecular formula is C33H36FN3O6S. The van der Waals surface area contributed by atoms with E-state index in [0.29, 0.717) is 41.8 Å². The standard InChI is InChI=1S/C33H36FN3O6S/c1-5-9-30-35-27-20-25(14-17-28(27)36(30)21-31(38)43-33(2,3)4)37(44(39,40)26-15-12-24(34)13-16-26)32(23-10-7-6-8-11-23)29-22-41-18-19-42-29/h6-7,10,12-20,22,32H,5,8-9,11,21H2,1-4H3. The highest BCUT2D eigenvalue weighted by molar-refractivity contribution is 7.92. The minimum atomic E-state index is -4.30. The van der Waals surface area contributed by atoms with E-state index in [-0.39, 0.29) is 17.2 Å². The minimum absolute atomic E-state index is 0.0354. The molecule has 11 heteroatoms. The summed E-state index contributed by atoms with van der Waals surface area (Å²) >= 11 is 0. The van der Waals surface area contributed by atoms with Gasteiger partial charge in [0.1, 0.15) is 48.6 Å². The molecule has 1 unspecified atom stereocenters. The van der Waals surface area contributed by atoms with Gasteiger partial charge in [-0.25, -0.2) is 17.8 Å². The molecule has 3 aromatic rings. The Labute approximate surface area is 257 Å². The highest BCUT2D eigenvalue weighted by atomic mass is 32.2. The lowest BCUT2D eigenvalue weighted by Crippen LogP contribution is -2.43. The monoisotopic (exact) mass is 621 g/mol. The highest BCUT2D eigenvalue weighted by Crippen LogP contribution is 2.37. The molecule has 0 saturated carbocycles. The zero-order chi connectivity index (χ0) is 31.5. The number of ether oxygens (including phenoxy) is 3. The number of esters is 1. The van der Waals surface area contributed by atoms with Gasteiger partial charge in [0.2, 0.25) is 0 Å². The molecule has 0 spiro atoms. The number of carbonyl (C=O) groups is 1. The lowest BCUT2D eigenvalue weighted by Gasteiger charge is -2.35. The fraction of sp³-hybridized carbons (Fsp3) is 0.333. The molecule has 0 radical (unpaired) electrons. The van der Waals surface area contributed by atoms with Crippen LogP contribution in [0, 0.1) is 5.82 Å². The molecule has 1 aliphatic carbocycles. The van der Waals surface area contributed by atoms with Crippen LogP contribution in [0.3, 0.4) is 0 Å². The average molecular weight is 622 g/mol. The van der Waals surface area contributed by atoms with E-state index in [1.54, 1.807) is 18.2 Å². The van der Waals surface area contributed by atoms with E-state index < -0.39 is 33.5 Å². The van der Waals surface area contributed by atoms with Crippen molar-refractivity contribution in [3.8, 4) is 0 Å². The topological polar surface area (TPSA) is 100.0 Å². The number of halogens is 1. The molecule has 2 heterocycles. The Morgan fingerprint density at radius 1 is 1.16 bits per heavy atom. The van der Waals surface area contributed by atoms with Gasteiger partial charge in [0.05, 0.1) is 21.6 Å². The third-order valence-corrected chi connectivity index (χ3v) is 8.85. The van der Waals surface area contributed by atoms with Crippen LogP contribution in [0.25, 0.3) is 11.0 Å². The van der Waals surface area contributed by atoms with Crippen molar-refractivity contribution in [3.63, 3.8) is 0 Å². The summed E-state index contributed by atoms with van der Waals surface area (Å²) in [6.07, 6.45) is 12.5. The van der Waals surface area contributed by atoms with Gasteiger partial charge in [-0.15, -0.1) is 0 Å². The van der Waals surface area contributed by atoms with Crippen LogP contribution < -0.4 is 4.31 Å². The number of carbonyl (C=O) groups excluding carboxylic acids is 1. The Balaban J connectivity index is 1.68. The van der Waals surface area contributed by atoms with Gasteiger partial charge in [-0.05, 0) is 88.1 Å². The summed E-state index contributed by atoms with van der Waals surface area (Å²) in [5, 5.41) is 0. The molecule has 0 fully saturated rings. The zero-order valence-electron chi connectivity index (χ0n) is 25.2. The number of fused-ring (bicyclic) bond motifs is 1. The summed E-state index contributed by atoms with van der Waals surface area (Å²) < 4.78 is 62.8. The van der Waals surface area contributed by atoms with Crippen molar-refractivity contribution in [3.05, 3.63) is 102 Å². The summed E-state index contributed by atoms with van der Waals surface area (Å²) in [4.78, 5) is 17.5. The smallest absolute Gasteiger partial charge is 0.326 e. The lowest BCUT2D eigenvalue weighted by atomic mass is 9.96. The molecule has 5 rings (SSSR count). The number of imidazole rings is 1. The number of anilines is 1. The van der Waals surface area contributed by atoms with Gasteiger partial charge in [0.15, 0.2) is 5.76 Å². The molecule has 1 atom stereocenters. The second-order valence-corrected chi connectivity index (χ2v) is 13.4. The molecule has 2 aromatic carbocycles. The lowest BCUT2D eigenvalue weighted by molar-refractivity contribution is -0.155. The van der Waals surface area contributed by atoms with Crippen molar-refractivity contribution in [2.45, 2.75) is 76.5 Å². The fourth-order valence-electron chi connectivity index (χ4n) is 5.25. The molecule has 1 aliphatic heterocycles. The van der Waals surface area contributed by atoms with Crippen LogP contribution >= 0.6 is 0 Å². The van der Waals surface area contributed by atoms with Gasteiger partial charge >= 0.3 is 5.97 Å². The normalized spacial score (nSPS) is 15.7. The number of allylic oxidation sites excluding steroid dienone is 3. The fourth-order valence-corrected chi connectivity index (χ4v) is 6.86. The third kappa shape index (κ3) is 6.72. The molecule has 0 N–H and O–H groups in total. The summed E-state index contributed by atoms with van der Waals surface area (Å²) in [6.45, 7) is 7.42. The quantitative estimate of drug-likeness (QED) is 0.233. The Bertz CT molecular complexity index is 1760. The first kappa shape index (κ1) is 31.1. The van der Waals surface area contributed by atoms with E-state index >= 15 is 0 Å². The van der Waals surface area contributed by atoms with Crippen molar-refractivity contribution in [2.75, 3.05) is 4.31 Å². The highest BCUT2D eigenvalue weighted by Gasteiger charge is 2.38. The predicted octanol–water partition coefficient (Wildman–Crippen LogP) is 6.67. The van der Waals surface area contributed by atoms with Gasteiger partial charge in [-0.1, -0.05) is 25.2 Å². The molecule has 44 heavy (non-hydrogen) atoms. The number of aromatic nitrogens is 2. The molecule has 0 bridgehead atoms. The van der Waals surface area contributed by atoms with Crippen LogP contribution in [0.2, 0.25) is 0 Å². The second-order valence-electron chi connectivity index (χ2n) is 11.5. The number of hydrogen-bond donors (Lipinski definition) is 0. The zero-order valence-corrected chi connectivity index (χ0v) is 26.0. The number of benzene rings is 2. The van der Waals surface area contributed by atoms with Crippen LogP contribution in [0.15, 0.2) is 95.7 Å². The van der Waals surface area contributed by atoms with Crippen molar-refractivity contribution in [2.24, 2.45) is 0 Å². The summed E-state index contributed by atoms with van der Waals surface area (Å²) in [5.74, 6) is 0.00363. The van der Waals surface area contributed by atoms with E-state index in [0.717, 1.165) is 24.1 Å². The summed E-state index contributed by atoms with van der Waals surface area (Å²) in [7, 11) is -4.30. The maximum Gasteiger partial charge on any atom is 0.326 e. The SMILES string of the molecule is CCCc1nc2cc(N(C(C3=CC=CCC3)C3=COC=CO3)S(=O)(=O)c3ccc(F)cc3)ccc2n1CC(=O)OC(C)(C)C. The third-order valence-electron chi connectivity index (χ3n) is 7.04. The Morgan fingerprint density at radius 3 is 2.57 bits per heavy atom. The molecule has 0 saturated heterocycles. The van der Waals surface area contributed by atoms with Crippen molar-refractivity contribution in [1.29, 1.82) is 0 Å². The molecule has 0 amide bonds. The van der Waals surface area contributed by atoms with Gasteiger partial charge in [-0.3, -0.25) is 9.10 Å². The van der Waals surface area contributed by atoms with Crippen LogP contribution in [0.1, 0.15) is 52.8 Å². The van der Waals surface area contributed by atoms with Crippen LogP contribution in [0.5, 0.6) is 0 Å². The van der Waals surface area contributed by atoms with Gasteiger partial charge in [-0.2, -0.15) is 0 Å². The predicted molar refractivity (Wildman–Crippen MR) is 165 cm³/mol. The number of aryl methyl sites for hydroxylation is 1. The number of hydrogen-bond acceptors (Lipinski definition) is 7. The Hall–Kier alpha value is -4.38. The Kier molecular flexibility index (Phi) is 8.96. The minimum Gasteiger partial charge on any atom is -0.466 e. The average Bonchev–Trinajstić information content (AvgIpc) is 3.31. The van der Waals surface area contributed by atoms with Gasteiger partial charge < -0.3 is 18.8 Å². The van der Waals surface area contributed by atoms with Crippen LogP contribution in [0.4, 0.5) is 10.1 Å². The molecule has 2 aliphatic rings. The van der Waals surface area contributed by atoms with E-state index in [9.17, 15) is 17.6 Å². The van der Waals surface area contributed by atoms with E-state index in [4.69, 9.17) is 19.2 Å². The van der Waals surface area contributed by atoms with Crippen LogP contribution in [-0.4, -0.2) is 35.6 Å². The van der Waals surface area contributed by atoms with Gasteiger partial charge in [0.25, 0.3) is 10.0 Å². The van der Waals surface area contributed by atoms with Crippen molar-refractivity contribution >= 4 is 32.7 Å². The van der Waals surface area contributed by atoms with E-state index in [1.807, 2.05) is 50.5 Å². The first-order valence-electron chi connectivity index (χ1n) is 14.5. The molecular weight excluding hydrogens is 585 g/mol. The van der Waals surface area contributed by atoms with Crippen molar-refractivity contribution in [1.82, 2.24) is 9.55 Å². The molecule has 232 valence electrons. The molecule has 1 aromatic heterocycles. The largest absolute Gasteiger partial charge is 0.466 e. The van der Waals surface area contributed by atoms with Gasteiger partial charge in [0, 0.05) is 6.42 Å². The Morgan fingerprint density at radius 2 is 1.93 bits per heavy atom. The first-order valence-corrected chi connectivity index (χ1v) is 16.0.